The zero-order valence-corrected chi connectivity index (χ0v) is 25.1. The molecule has 2 N–H and O–H groups in total. The number of carbonyl (C=O) groups is 3. The number of carbonyl (C=O) groups excluding carboxylic acids is 3. The third-order valence-corrected chi connectivity index (χ3v) is 7.79. The van der Waals surface area contributed by atoms with Crippen molar-refractivity contribution in [2.24, 2.45) is 0 Å². The van der Waals surface area contributed by atoms with Gasteiger partial charge in [0.05, 0.1) is 22.5 Å². The van der Waals surface area contributed by atoms with E-state index in [0.717, 1.165) is 46.6 Å². The van der Waals surface area contributed by atoms with E-state index in [4.69, 9.17) is 12.2 Å². The summed E-state index contributed by atoms with van der Waals surface area (Å²) >= 11 is 6.22. The minimum Gasteiger partial charge on any atom is -0.378 e. The first-order valence-corrected chi connectivity index (χ1v) is 14.2. The van der Waals surface area contributed by atoms with Gasteiger partial charge in [-0.1, -0.05) is 48.2 Å². The van der Waals surface area contributed by atoms with Crippen LogP contribution in [0.15, 0.2) is 77.7 Å². The Balaban J connectivity index is 1.63. The molecule has 1 saturated heterocycles. The van der Waals surface area contributed by atoms with E-state index >= 15 is 0 Å². The highest BCUT2D eigenvalue weighted by molar-refractivity contribution is 8.26. The van der Waals surface area contributed by atoms with E-state index in [9.17, 15) is 40.7 Å². The predicted molar refractivity (Wildman–Crippen MR) is 164 cm³/mol. The molecular formula is C30H24F6N4O3S2. The first-order chi connectivity index (χ1) is 21.0. The topological polar surface area (TPSA) is 81.8 Å². The number of nitrogens with zero attached hydrogens (tertiary/aromatic N) is 2. The van der Waals surface area contributed by atoms with Crippen molar-refractivity contribution in [3.63, 3.8) is 0 Å². The van der Waals surface area contributed by atoms with Crippen LogP contribution in [0.2, 0.25) is 0 Å². The molecule has 0 saturated carbocycles. The third kappa shape index (κ3) is 8.42. The standard InChI is InChI=1S/C30H24F6N4O3S2/c1-39(2)22-11-9-17(10-12-22)13-24-27(43)40(28(44)45-24)23(26(42)38-21-8-4-6-19(15-21)30(34,35)36)16-25(41)37-20-7-3-5-18(14-20)29(31,32)33/h3-15,23H,16H2,1-2H3,(H,37,41)(H,38,42)/b24-13-. The molecule has 7 nitrogen and oxygen atoms in total. The van der Waals surface area contributed by atoms with Gasteiger partial charge >= 0.3 is 12.4 Å². The van der Waals surface area contributed by atoms with Crippen molar-refractivity contribution < 1.29 is 40.7 Å². The Morgan fingerprint density at radius 2 is 1.42 bits per heavy atom. The molecule has 0 aromatic heterocycles. The number of thioether (sulfide) groups is 1. The van der Waals surface area contributed by atoms with Gasteiger partial charge in [0.1, 0.15) is 10.4 Å². The number of anilines is 3. The number of alkyl halides is 6. The maximum Gasteiger partial charge on any atom is 0.416 e. The predicted octanol–water partition coefficient (Wildman–Crippen LogP) is 7.03. The molecule has 1 aliphatic rings. The van der Waals surface area contributed by atoms with E-state index < -0.39 is 53.7 Å². The number of rotatable bonds is 8. The molecule has 4 rings (SSSR count). The van der Waals surface area contributed by atoms with E-state index in [-0.39, 0.29) is 20.6 Å². The lowest BCUT2D eigenvalue weighted by Gasteiger charge is -2.26. The van der Waals surface area contributed by atoms with Gasteiger partial charge < -0.3 is 15.5 Å². The summed E-state index contributed by atoms with van der Waals surface area (Å²) in [4.78, 5) is 42.9. The van der Waals surface area contributed by atoms with E-state index in [2.05, 4.69) is 10.6 Å². The van der Waals surface area contributed by atoms with Crippen LogP contribution in [0.3, 0.4) is 0 Å². The Labute approximate surface area is 263 Å². The number of thiocarbonyl (C=S) groups is 1. The van der Waals surface area contributed by atoms with Crippen molar-refractivity contribution in [2.45, 2.75) is 24.8 Å². The number of halogens is 6. The molecule has 3 aromatic rings. The average molecular weight is 667 g/mol. The van der Waals surface area contributed by atoms with E-state index in [1.807, 2.05) is 31.1 Å². The van der Waals surface area contributed by atoms with Gasteiger partial charge in [0.2, 0.25) is 11.8 Å². The Kier molecular flexibility index (Phi) is 9.92. The van der Waals surface area contributed by atoms with Gasteiger partial charge in [-0.15, -0.1) is 0 Å². The molecule has 1 unspecified atom stereocenters. The molecule has 1 atom stereocenters. The van der Waals surface area contributed by atoms with Crippen LogP contribution >= 0.6 is 24.0 Å². The summed E-state index contributed by atoms with van der Waals surface area (Å²) in [6.07, 6.45) is -8.64. The van der Waals surface area contributed by atoms with Crippen LogP contribution in [-0.2, 0) is 26.7 Å². The van der Waals surface area contributed by atoms with Crippen LogP contribution in [0.1, 0.15) is 23.1 Å². The van der Waals surface area contributed by atoms with Crippen LogP contribution in [0.4, 0.5) is 43.4 Å². The van der Waals surface area contributed by atoms with Crippen LogP contribution in [0.5, 0.6) is 0 Å². The van der Waals surface area contributed by atoms with Gasteiger partial charge in [-0.25, -0.2) is 0 Å². The minimum atomic E-state index is -4.71. The zero-order chi connectivity index (χ0) is 33.1. The highest BCUT2D eigenvalue weighted by atomic mass is 32.2. The first kappa shape index (κ1) is 33.5. The summed E-state index contributed by atoms with van der Waals surface area (Å²) in [5.74, 6) is -2.73. The fourth-order valence-corrected chi connectivity index (χ4v) is 5.59. The lowest BCUT2D eigenvalue weighted by Crippen LogP contribution is -2.48. The summed E-state index contributed by atoms with van der Waals surface area (Å²) in [7, 11) is 3.71. The minimum absolute atomic E-state index is 0.104. The van der Waals surface area contributed by atoms with Gasteiger partial charge in [0.15, 0.2) is 0 Å². The molecule has 236 valence electrons. The Morgan fingerprint density at radius 1 is 0.889 bits per heavy atom. The lowest BCUT2D eigenvalue weighted by molar-refractivity contribution is -0.138. The SMILES string of the molecule is CN(C)c1ccc(/C=C2\SC(=S)N(C(CC(=O)Nc3cccc(C(F)(F)F)c3)C(=O)Nc3cccc(C(F)(F)F)c3)C2=O)cc1. The highest BCUT2D eigenvalue weighted by Crippen LogP contribution is 2.36. The van der Waals surface area contributed by atoms with Crippen LogP contribution in [-0.4, -0.2) is 47.1 Å². The highest BCUT2D eigenvalue weighted by Gasteiger charge is 2.42. The fourth-order valence-electron chi connectivity index (χ4n) is 4.23. The molecule has 15 heteroatoms. The van der Waals surface area contributed by atoms with Gasteiger partial charge in [-0.05, 0) is 60.2 Å². The summed E-state index contributed by atoms with van der Waals surface area (Å²) in [6.45, 7) is 0. The number of nitrogens with one attached hydrogen (secondary N) is 2. The lowest BCUT2D eigenvalue weighted by atomic mass is 10.1. The second kappa shape index (κ2) is 13.3. The van der Waals surface area contributed by atoms with Gasteiger partial charge in [-0.3, -0.25) is 19.3 Å². The molecule has 0 radical (unpaired) electrons. The normalized spacial score (nSPS) is 15.3. The van der Waals surface area contributed by atoms with Gasteiger partial charge in [-0.2, -0.15) is 26.3 Å². The van der Waals surface area contributed by atoms with Gasteiger partial charge in [0, 0.05) is 31.2 Å². The van der Waals surface area contributed by atoms with E-state index in [1.54, 1.807) is 12.1 Å². The largest absolute Gasteiger partial charge is 0.416 e. The van der Waals surface area contributed by atoms with Crippen molar-refractivity contribution >= 4 is 69.2 Å². The Morgan fingerprint density at radius 3 is 1.93 bits per heavy atom. The number of amides is 3. The van der Waals surface area contributed by atoms with Crippen molar-refractivity contribution in [3.8, 4) is 0 Å². The Bertz CT molecular complexity index is 1660. The first-order valence-electron chi connectivity index (χ1n) is 13.0. The average Bonchev–Trinajstić information content (AvgIpc) is 3.23. The van der Waals surface area contributed by atoms with Crippen LogP contribution < -0.4 is 15.5 Å². The van der Waals surface area contributed by atoms with Crippen molar-refractivity contribution in [2.75, 3.05) is 29.6 Å². The van der Waals surface area contributed by atoms with Crippen LogP contribution in [0.25, 0.3) is 6.08 Å². The summed E-state index contributed by atoms with van der Waals surface area (Å²) in [5, 5.41) is 4.57. The monoisotopic (exact) mass is 666 g/mol. The molecule has 3 amide bonds. The fraction of sp³-hybridized carbons (Fsp3) is 0.200. The molecule has 45 heavy (non-hydrogen) atoms. The molecular weight excluding hydrogens is 642 g/mol. The molecule has 1 aliphatic heterocycles. The third-order valence-electron chi connectivity index (χ3n) is 6.45. The second-order valence-corrected chi connectivity index (χ2v) is 11.6. The zero-order valence-electron chi connectivity index (χ0n) is 23.5. The van der Waals surface area contributed by atoms with Crippen LogP contribution in [0, 0.1) is 0 Å². The maximum atomic E-state index is 13.5. The van der Waals surface area contributed by atoms with Crippen molar-refractivity contribution in [1.82, 2.24) is 4.90 Å². The smallest absolute Gasteiger partial charge is 0.378 e. The summed E-state index contributed by atoms with van der Waals surface area (Å²) in [5.41, 5.74) is -1.03. The number of hydrogen-bond donors (Lipinski definition) is 2. The van der Waals surface area contributed by atoms with Gasteiger partial charge in [0.25, 0.3) is 5.91 Å². The summed E-state index contributed by atoms with van der Waals surface area (Å²) < 4.78 is 79.2. The molecule has 0 bridgehead atoms. The molecule has 3 aromatic carbocycles. The van der Waals surface area contributed by atoms with E-state index in [0.29, 0.717) is 17.7 Å². The quantitative estimate of drug-likeness (QED) is 0.153. The van der Waals surface area contributed by atoms with E-state index in [1.165, 1.54) is 18.2 Å². The molecule has 1 fully saturated rings. The van der Waals surface area contributed by atoms with Crippen molar-refractivity contribution in [3.05, 3.63) is 94.4 Å². The molecule has 0 spiro atoms. The molecule has 1 heterocycles. The number of benzene rings is 3. The molecule has 0 aliphatic carbocycles. The maximum absolute atomic E-state index is 13.5. The Hall–Kier alpha value is -4.37. The second-order valence-electron chi connectivity index (χ2n) is 9.95. The van der Waals surface area contributed by atoms with Crippen molar-refractivity contribution in [1.29, 1.82) is 0 Å². The number of hydrogen-bond acceptors (Lipinski definition) is 6. The summed E-state index contributed by atoms with van der Waals surface area (Å²) in [6, 6.07) is 13.0.